The van der Waals surface area contributed by atoms with E-state index >= 15 is 0 Å². The van der Waals surface area contributed by atoms with Crippen LogP contribution >= 0.6 is 0 Å². The predicted molar refractivity (Wildman–Crippen MR) is 100.0 cm³/mol. The Kier molecular flexibility index (Phi) is 10.6. The van der Waals surface area contributed by atoms with E-state index < -0.39 is 0 Å². The van der Waals surface area contributed by atoms with Crippen molar-refractivity contribution in [2.45, 2.75) is 66.2 Å². The zero-order valence-corrected chi connectivity index (χ0v) is 18.6. The average molecular weight is 362 g/mol. The number of rotatable bonds is 0. The van der Waals surface area contributed by atoms with Crippen LogP contribution < -0.4 is 0 Å². The Bertz CT molecular complexity index is 379. The summed E-state index contributed by atoms with van der Waals surface area (Å²) < 4.78 is 0. The first kappa shape index (κ1) is 23.4. The van der Waals surface area contributed by atoms with Crippen LogP contribution in [0.4, 0.5) is 0 Å². The fraction of sp³-hybridized carbons (Fsp3) is 0.667. The molecule has 0 aliphatic heterocycles. The quantitative estimate of drug-likeness (QED) is 0.364. The van der Waals surface area contributed by atoms with Gasteiger partial charge in [0.25, 0.3) is 0 Å². The fourth-order valence-electron chi connectivity index (χ4n) is 4.84. The molecule has 0 aromatic carbocycles. The van der Waals surface area contributed by atoms with Gasteiger partial charge in [0.05, 0.1) is 0 Å². The summed E-state index contributed by atoms with van der Waals surface area (Å²) in [5.74, 6) is 5.91. The van der Waals surface area contributed by atoms with E-state index in [4.69, 9.17) is 0 Å². The Morgan fingerprint density at radius 3 is 1.48 bits per heavy atom. The van der Waals surface area contributed by atoms with Gasteiger partial charge in [0.1, 0.15) is 0 Å². The second kappa shape index (κ2) is 10.4. The van der Waals surface area contributed by atoms with E-state index in [0.29, 0.717) is 5.92 Å². The first-order valence-electron chi connectivity index (χ1n) is 8.39. The molecule has 0 saturated heterocycles. The summed E-state index contributed by atoms with van der Waals surface area (Å²) in [6.45, 7) is 8.67. The standard InChI is InChI=1S/C10H15.C9H13.2CH3.Si.Ti/c1-7-2-9-4-8(1)5-10(3-7)6-9;1-6-5-7(2)9(4)8(6)3;;;;/h7-9H,1-6H2;6H,1-4H3;2*1H3;;/q4*-1;;. The Labute approximate surface area is 160 Å². The Morgan fingerprint density at radius 1 is 0.913 bits per heavy atom. The monoisotopic (exact) mass is 362 g/mol. The van der Waals surface area contributed by atoms with E-state index in [1.165, 1.54) is 36.0 Å². The van der Waals surface area contributed by atoms with Gasteiger partial charge in [-0.2, -0.15) is 30.4 Å². The van der Waals surface area contributed by atoms with Crippen LogP contribution in [0.15, 0.2) is 16.7 Å². The molecule has 0 aromatic heterocycles. The van der Waals surface area contributed by atoms with Crippen LogP contribution in [-0.4, -0.2) is 7.63 Å². The Morgan fingerprint density at radius 2 is 1.30 bits per heavy atom. The van der Waals surface area contributed by atoms with Crippen molar-refractivity contribution in [2.24, 2.45) is 23.7 Å². The molecular formula is C21H34SiTi-4. The van der Waals surface area contributed by atoms with Gasteiger partial charge >= 0.3 is 26.8 Å². The summed E-state index contributed by atoms with van der Waals surface area (Å²) in [6.07, 6.45) is 12.7. The van der Waals surface area contributed by atoms with Crippen LogP contribution in [0.3, 0.4) is 0 Å². The van der Waals surface area contributed by atoms with Gasteiger partial charge < -0.3 is 20.8 Å². The third kappa shape index (κ3) is 5.72. The van der Waals surface area contributed by atoms with Gasteiger partial charge in [0, 0.05) is 0 Å². The summed E-state index contributed by atoms with van der Waals surface area (Å²) in [5, 5.41) is 0. The molecule has 4 saturated carbocycles. The summed E-state index contributed by atoms with van der Waals surface area (Å²) in [6, 6.07) is 0. The van der Waals surface area contributed by atoms with Crippen molar-refractivity contribution in [3.05, 3.63) is 43.6 Å². The van der Waals surface area contributed by atoms with Gasteiger partial charge in [0.15, 0.2) is 0 Å². The molecule has 2 heteroatoms. The maximum atomic E-state index is 3.36. The number of allylic oxidation sites excluding steroid dienone is 4. The first-order chi connectivity index (χ1) is 10.0. The molecule has 2 radical (unpaired) electrons. The minimum atomic E-state index is 0. The van der Waals surface area contributed by atoms with Crippen molar-refractivity contribution in [1.82, 2.24) is 0 Å². The number of hydrogen-bond donors (Lipinski definition) is 0. The fourth-order valence-corrected chi connectivity index (χ4v) is 4.84. The van der Waals surface area contributed by atoms with Crippen molar-refractivity contribution < 1.29 is 19.2 Å². The van der Waals surface area contributed by atoms with Gasteiger partial charge in [0.2, 0.25) is 0 Å². The molecule has 5 aliphatic carbocycles. The summed E-state index contributed by atoms with van der Waals surface area (Å²) in [5.41, 5.74) is 4.25. The summed E-state index contributed by atoms with van der Waals surface area (Å²) >= 11 is 1.81. The molecule has 0 spiro atoms. The average Bonchev–Trinajstić information content (AvgIpc) is 2.67. The van der Waals surface area contributed by atoms with E-state index in [2.05, 4.69) is 41.4 Å². The molecule has 0 nitrogen and oxygen atoms in total. The molecule has 4 bridgehead atoms. The van der Waals surface area contributed by atoms with Crippen molar-refractivity contribution in [3.8, 4) is 0 Å². The Balaban J connectivity index is 0.000000355. The first-order valence-corrected chi connectivity index (χ1v) is 11.2. The predicted octanol–water partition coefficient (Wildman–Crippen LogP) is 6.03. The van der Waals surface area contributed by atoms with Crippen molar-refractivity contribution >= 4 is 7.63 Å². The van der Waals surface area contributed by atoms with E-state index in [9.17, 15) is 0 Å². The molecule has 4 fully saturated rings. The summed E-state index contributed by atoms with van der Waals surface area (Å²) in [7, 11) is 2.97. The Hall–Kier alpha value is 0.411. The molecule has 5 rings (SSSR count). The van der Waals surface area contributed by atoms with Crippen LogP contribution in [0.2, 0.25) is 0 Å². The minimum absolute atomic E-state index is 0. The second-order valence-electron chi connectivity index (χ2n) is 7.47. The molecule has 5 aliphatic rings. The van der Waals surface area contributed by atoms with E-state index in [-0.39, 0.29) is 14.9 Å². The third-order valence-corrected chi connectivity index (χ3v) is 5.97. The van der Waals surface area contributed by atoms with Gasteiger partial charge in [-0.3, -0.25) is 6.08 Å². The molecule has 130 valence electrons. The SMILES string of the molecule is C1[C-]2CC3CC1CC(C2)C3.CC1=[C-]C(C)C(C)=C1C.[CH3-].[CH3-].[Si]=[Ti]. The molecule has 0 amide bonds. The van der Waals surface area contributed by atoms with Gasteiger partial charge in [-0.1, -0.05) is 63.7 Å². The van der Waals surface area contributed by atoms with Crippen LogP contribution in [0, 0.1) is 50.5 Å². The zero-order chi connectivity index (χ0) is 15.6. The van der Waals surface area contributed by atoms with Crippen molar-refractivity contribution in [3.63, 3.8) is 0 Å². The van der Waals surface area contributed by atoms with Gasteiger partial charge in [-0.15, -0.1) is 6.92 Å². The van der Waals surface area contributed by atoms with E-state index in [1.54, 1.807) is 38.4 Å². The molecular weight excluding hydrogens is 328 g/mol. The normalized spacial score (nSPS) is 33.4. The molecule has 23 heavy (non-hydrogen) atoms. The van der Waals surface area contributed by atoms with E-state index in [0.717, 1.165) is 17.8 Å². The van der Waals surface area contributed by atoms with Crippen molar-refractivity contribution in [2.75, 3.05) is 0 Å². The van der Waals surface area contributed by atoms with Crippen LogP contribution in [0.5, 0.6) is 0 Å². The molecule has 1 unspecified atom stereocenters. The van der Waals surface area contributed by atoms with Crippen LogP contribution in [0.25, 0.3) is 0 Å². The number of hydrogen-bond acceptors (Lipinski definition) is 0. The van der Waals surface area contributed by atoms with Crippen molar-refractivity contribution in [1.29, 1.82) is 0 Å². The third-order valence-electron chi connectivity index (χ3n) is 5.97. The van der Waals surface area contributed by atoms with Gasteiger partial charge in [-0.05, 0) is 0 Å². The van der Waals surface area contributed by atoms with Gasteiger partial charge in [-0.25, -0.2) is 5.57 Å². The van der Waals surface area contributed by atoms with E-state index in [1.807, 2.05) is 5.92 Å². The zero-order valence-electron chi connectivity index (χ0n) is 16.1. The van der Waals surface area contributed by atoms with Crippen LogP contribution in [0.1, 0.15) is 66.2 Å². The molecule has 0 heterocycles. The topological polar surface area (TPSA) is 0 Å². The summed E-state index contributed by atoms with van der Waals surface area (Å²) in [4.78, 5) is 0. The van der Waals surface area contributed by atoms with Crippen LogP contribution in [-0.2, 0) is 19.2 Å². The molecule has 0 aromatic rings. The molecule has 0 N–H and O–H groups in total. The second-order valence-corrected chi connectivity index (χ2v) is 7.47. The molecule has 1 atom stereocenters. The maximum absolute atomic E-state index is 3.36.